The van der Waals surface area contributed by atoms with Gasteiger partial charge in [-0.3, -0.25) is 4.79 Å². The number of amides is 1. The van der Waals surface area contributed by atoms with E-state index in [0.29, 0.717) is 22.3 Å². The van der Waals surface area contributed by atoms with Crippen LogP contribution < -0.4 is 10.5 Å². The molecule has 1 amide bonds. The molecule has 0 aliphatic carbocycles. The van der Waals surface area contributed by atoms with Crippen LogP contribution in [-0.4, -0.2) is 35.5 Å². The van der Waals surface area contributed by atoms with E-state index in [9.17, 15) is 4.79 Å². The standard InChI is InChI=1S/C14H17ClN2O2S/c15-11-4-1-5-12(7-11)19-9-13(18)17-6-2-3-10(8-17)14(16)20/h1,4-5,7,10H,2-3,6,8-9H2,(H2,16,20). The Hall–Kier alpha value is -1.33. The van der Waals surface area contributed by atoms with Gasteiger partial charge < -0.3 is 15.4 Å². The number of likely N-dealkylation sites (tertiary alicyclic amines) is 1. The summed E-state index contributed by atoms with van der Waals surface area (Å²) < 4.78 is 5.46. The first-order valence-electron chi connectivity index (χ1n) is 6.51. The lowest BCUT2D eigenvalue weighted by molar-refractivity contribution is -0.134. The number of hydrogen-bond donors (Lipinski definition) is 1. The molecule has 0 bridgehead atoms. The molecule has 0 aromatic heterocycles. The first-order valence-corrected chi connectivity index (χ1v) is 7.30. The van der Waals surface area contributed by atoms with Gasteiger partial charge in [-0.2, -0.15) is 0 Å². The summed E-state index contributed by atoms with van der Waals surface area (Å²) in [5, 5.41) is 0.585. The van der Waals surface area contributed by atoms with E-state index < -0.39 is 0 Å². The van der Waals surface area contributed by atoms with Crippen molar-refractivity contribution >= 4 is 34.7 Å². The van der Waals surface area contributed by atoms with E-state index in [-0.39, 0.29) is 18.4 Å². The minimum absolute atomic E-state index is 0.00436. The van der Waals surface area contributed by atoms with Crippen LogP contribution in [0.2, 0.25) is 5.02 Å². The SMILES string of the molecule is NC(=S)C1CCCN(C(=O)COc2cccc(Cl)c2)C1. The molecule has 2 rings (SSSR count). The van der Waals surface area contributed by atoms with Crippen molar-refractivity contribution in [2.75, 3.05) is 19.7 Å². The number of piperidine rings is 1. The van der Waals surface area contributed by atoms with Crippen molar-refractivity contribution in [1.82, 2.24) is 4.90 Å². The zero-order chi connectivity index (χ0) is 14.5. The van der Waals surface area contributed by atoms with Crippen LogP contribution in [0.5, 0.6) is 5.75 Å². The maximum Gasteiger partial charge on any atom is 0.260 e. The molecule has 1 aliphatic heterocycles. The number of halogens is 1. The Labute approximate surface area is 128 Å². The summed E-state index contributed by atoms with van der Waals surface area (Å²) >= 11 is 10.9. The predicted molar refractivity (Wildman–Crippen MR) is 83.0 cm³/mol. The van der Waals surface area contributed by atoms with Gasteiger partial charge in [-0.25, -0.2) is 0 Å². The second kappa shape index (κ2) is 6.90. The second-order valence-corrected chi connectivity index (χ2v) is 5.74. The summed E-state index contributed by atoms with van der Waals surface area (Å²) in [7, 11) is 0. The van der Waals surface area contributed by atoms with Gasteiger partial charge in [0.1, 0.15) is 5.75 Å². The van der Waals surface area contributed by atoms with Crippen molar-refractivity contribution in [3.63, 3.8) is 0 Å². The van der Waals surface area contributed by atoms with Gasteiger partial charge in [0.05, 0.1) is 4.99 Å². The van der Waals surface area contributed by atoms with E-state index in [1.54, 1.807) is 29.2 Å². The summed E-state index contributed by atoms with van der Waals surface area (Å²) in [4.78, 5) is 14.4. The number of rotatable bonds is 4. The molecule has 108 valence electrons. The van der Waals surface area contributed by atoms with Crippen LogP contribution in [0.3, 0.4) is 0 Å². The van der Waals surface area contributed by atoms with Gasteiger partial charge in [-0.1, -0.05) is 29.9 Å². The zero-order valence-electron chi connectivity index (χ0n) is 11.0. The molecule has 6 heteroatoms. The van der Waals surface area contributed by atoms with Gasteiger partial charge in [-0.05, 0) is 31.0 Å². The minimum atomic E-state index is -0.0501. The first kappa shape index (κ1) is 15.1. The maximum absolute atomic E-state index is 12.1. The monoisotopic (exact) mass is 312 g/mol. The van der Waals surface area contributed by atoms with Crippen LogP contribution in [0.25, 0.3) is 0 Å². The lowest BCUT2D eigenvalue weighted by Gasteiger charge is -2.32. The maximum atomic E-state index is 12.1. The Bertz CT molecular complexity index is 510. The van der Waals surface area contributed by atoms with Crippen LogP contribution >= 0.6 is 23.8 Å². The average Bonchev–Trinajstić information content (AvgIpc) is 2.45. The van der Waals surface area contributed by atoms with E-state index in [4.69, 9.17) is 34.3 Å². The molecule has 0 spiro atoms. The van der Waals surface area contributed by atoms with E-state index in [2.05, 4.69) is 0 Å². The largest absolute Gasteiger partial charge is 0.484 e. The van der Waals surface area contributed by atoms with E-state index in [1.165, 1.54) is 0 Å². The topological polar surface area (TPSA) is 55.6 Å². The van der Waals surface area contributed by atoms with E-state index in [1.807, 2.05) is 0 Å². The number of hydrogen-bond acceptors (Lipinski definition) is 3. The Morgan fingerprint density at radius 3 is 3.05 bits per heavy atom. The number of carbonyl (C=O) groups is 1. The smallest absolute Gasteiger partial charge is 0.260 e. The van der Waals surface area contributed by atoms with Crippen molar-refractivity contribution in [2.24, 2.45) is 11.7 Å². The summed E-state index contributed by atoms with van der Waals surface area (Å²) in [6.45, 7) is 1.33. The highest BCUT2D eigenvalue weighted by Gasteiger charge is 2.25. The van der Waals surface area contributed by atoms with Crippen molar-refractivity contribution in [2.45, 2.75) is 12.8 Å². The molecule has 4 nitrogen and oxygen atoms in total. The molecule has 0 saturated carbocycles. The highest BCUT2D eigenvalue weighted by atomic mass is 35.5. The summed E-state index contributed by atoms with van der Waals surface area (Å²) in [6, 6.07) is 7.00. The zero-order valence-corrected chi connectivity index (χ0v) is 12.6. The van der Waals surface area contributed by atoms with Gasteiger partial charge in [0.15, 0.2) is 6.61 Å². The Kier molecular flexibility index (Phi) is 5.20. The van der Waals surface area contributed by atoms with Gasteiger partial charge in [0.2, 0.25) is 0 Å². The number of benzene rings is 1. The third-order valence-electron chi connectivity index (χ3n) is 3.33. The highest BCUT2D eigenvalue weighted by molar-refractivity contribution is 7.80. The van der Waals surface area contributed by atoms with Crippen LogP contribution in [-0.2, 0) is 4.79 Å². The minimum Gasteiger partial charge on any atom is -0.484 e. The highest BCUT2D eigenvalue weighted by Crippen LogP contribution is 2.19. The first-order chi connectivity index (χ1) is 9.56. The molecular formula is C14H17ClN2O2S. The lowest BCUT2D eigenvalue weighted by Crippen LogP contribution is -2.45. The van der Waals surface area contributed by atoms with Gasteiger partial charge >= 0.3 is 0 Å². The third-order valence-corrected chi connectivity index (χ3v) is 3.90. The predicted octanol–water partition coefficient (Wildman–Crippen LogP) is 2.24. The molecule has 1 saturated heterocycles. The van der Waals surface area contributed by atoms with Crippen molar-refractivity contribution in [3.8, 4) is 5.75 Å². The van der Waals surface area contributed by atoms with Gasteiger partial charge in [-0.15, -0.1) is 0 Å². The van der Waals surface area contributed by atoms with Gasteiger partial charge in [0, 0.05) is 24.0 Å². The molecule has 1 aliphatic rings. The van der Waals surface area contributed by atoms with Crippen molar-refractivity contribution in [1.29, 1.82) is 0 Å². The van der Waals surface area contributed by atoms with Crippen molar-refractivity contribution < 1.29 is 9.53 Å². The third kappa shape index (κ3) is 4.08. The number of thiocarbonyl (C=S) groups is 1. The van der Waals surface area contributed by atoms with Crippen LogP contribution in [0, 0.1) is 5.92 Å². The normalized spacial score (nSPS) is 18.6. The fraction of sp³-hybridized carbons (Fsp3) is 0.429. The second-order valence-electron chi connectivity index (χ2n) is 4.83. The Balaban J connectivity index is 1.87. The molecule has 2 N–H and O–H groups in total. The number of ether oxygens (including phenoxy) is 1. The van der Waals surface area contributed by atoms with E-state index >= 15 is 0 Å². The van der Waals surface area contributed by atoms with Gasteiger partial charge in [0.25, 0.3) is 5.91 Å². The molecule has 1 unspecified atom stereocenters. The molecule has 1 fully saturated rings. The Morgan fingerprint density at radius 1 is 1.55 bits per heavy atom. The number of carbonyl (C=O) groups excluding carboxylic acids is 1. The Morgan fingerprint density at radius 2 is 2.35 bits per heavy atom. The van der Waals surface area contributed by atoms with Crippen LogP contribution in [0.4, 0.5) is 0 Å². The lowest BCUT2D eigenvalue weighted by atomic mass is 9.98. The summed E-state index contributed by atoms with van der Waals surface area (Å²) in [5.41, 5.74) is 5.66. The molecule has 1 heterocycles. The van der Waals surface area contributed by atoms with Crippen LogP contribution in [0.15, 0.2) is 24.3 Å². The van der Waals surface area contributed by atoms with Crippen molar-refractivity contribution in [3.05, 3.63) is 29.3 Å². The summed E-state index contributed by atoms with van der Waals surface area (Å²) in [6.07, 6.45) is 1.87. The fourth-order valence-corrected chi connectivity index (χ4v) is 2.60. The molecule has 20 heavy (non-hydrogen) atoms. The molecular weight excluding hydrogens is 296 g/mol. The molecule has 1 aromatic carbocycles. The quantitative estimate of drug-likeness (QED) is 0.866. The van der Waals surface area contributed by atoms with Crippen LogP contribution in [0.1, 0.15) is 12.8 Å². The molecule has 1 aromatic rings. The van der Waals surface area contributed by atoms with E-state index in [0.717, 1.165) is 19.4 Å². The summed E-state index contributed by atoms with van der Waals surface area (Å²) in [5.74, 6) is 0.661. The number of nitrogens with two attached hydrogens (primary N) is 1. The average molecular weight is 313 g/mol. The molecule has 1 atom stereocenters. The number of nitrogens with zero attached hydrogens (tertiary/aromatic N) is 1. The fourth-order valence-electron chi connectivity index (χ4n) is 2.23. The molecule has 0 radical (unpaired) electrons.